The molecule has 1 heterocycles. The lowest BCUT2D eigenvalue weighted by atomic mass is 10.2. The summed E-state index contributed by atoms with van der Waals surface area (Å²) < 4.78 is 0. The molecule has 2 amide bonds. The van der Waals surface area contributed by atoms with E-state index in [0.717, 1.165) is 12.2 Å². The Morgan fingerprint density at radius 3 is 2.62 bits per heavy atom. The minimum absolute atomic E-state index is 0.00120. The molecule has 1 aliphatic rings. The molecule has 1 fully saturated rings. The van der Waals surface area contributed by atoms with Gasteiger partial charge in [-0.2, -0.15) is 0 Å². The van der Waals surface area contributed by atoms with E-state index < -0.39 is 0 Å². The van der Waals surface area contributed by atoms with Gasteiger partial charge in [0.05, 0.1) is 6.04 Å². The maximum Gasteiger partial charge on any atom is 0.322 e. The van der Waals surface area contributed by atoms with Gasteiger partial charge >= 0.3 is 6.03 Å². The van der Waals surface area contributed by atoms with Crippen molar-refractivity contribution in [1.29, 1.82) is 0 Å². The maximum atomic E-state index is 11.4. The van der Waals surface area contributed by atoms with Crippen molar-refractivity contribution in [2.24, 2.45) is 0 Å². The molecule has 3 nitrogen and oxygen atoms in total. The number of hydrogen-bond donors (Lipinski definition) is 1. The van der Waals surface area contributed by atoms with Gasteiger partial charge in [0.15, 0.2) is 0 Å². The highest BCUT2D eigenvalue weighted by Crippen LogP contribution is 2.19. The lowest BCUT2D eigenvalue weighted by Crippen LogP contribution is -2.32. The quantitative estimate of drug-likeness (QED) is 0.692. The molecule has 1 saturated heterocycles. The zero-order valence-corrected chi connectivity index (χ0v) is 7.53. The Morgan fingerprint density at radius 1 is 1.38 bits per heavy atom. The average molecular weight is 176 g/mol. The molecule has 13 heavy (non-hydrogen) atoms. The predicted molar refractivity (Wildman–Crippen MR) is 51.8 cm³/mol. The molecular formula is C10H12N2O. The van der Waals surface area contributed by atoms with Gasteiger partial charge in [0.1, 0.15) is 0 Å². The van der Waals surface area contributed by atoms with E-state index in [0.29, 0.717) is 0 Å². The van der Waals surface area contributed by atoms with Crippen LogP contribution in [0.5, 0.6) is 0 Å². The lowest BCUT2D eigenvalue weighted by molar-refractivity contribution is 0.252. The van der Waals surface area contributed by atoms with Crippen LogP contribution in [0.1, 0.15) is 6.92 Å². The highest BCUT2D eigenvalue weighted by molar-refractivity contribution is 5.94. The number of nitrogens with one attached hydrogen (secondary N) is 1. The van der Waals surface area contributed by atoms with Crippen LogP contribution in [-0.2, 0) is 0 Å². The standard InChI is InChI=1S/C10H12N2O/c1-8-7-11-10(13)12(8)9-5-3-2-4-6-9/h2-6,8H,7H2,1H3,(H,11,13). The molecule has 68 valence electrons. The summed E-state index contributed by atoms with van der Waals surface area (Å²) in [6.07, 6.45) is 0. The lowest BCUT2D eigenvalue weighted by Gasteiger charge is -2.19. The van der Waals surface area contributed by atoms with Gasteiger partial charge in [-0.1, -0.05) is 18.2 Å². The van der Waals surface area contributed by atoms with Gasteiger partial charge in [-0.05, 0) is 19.1 Å². The maximum absolute atomic E-state index is 11.4. The van der Waals surface area contributed by atoms with Crippen LogP contribution in [0.4, 0.5) is 10.5 Å². The van der Waals surface area contributed by atoms with Crippen molar-refractivity contribution in [2.75, 3.05) is 11.4 Å². The second-order valence-corrected chi connectivity index (χ2v) is 3.24. The predicted octanol–water partition coefficient (Wildman–Crippen LogP) is 1.60. The number of urea groups is 1. The Balaban J connectivity index is 2.30. The van der Waals surface area contributed by atoms with E-state index in [1.54, 1.807) is 4.90 Å². The first-order valence-corrected chi connectivity index (χ1v) is 4.41. The Bertz CT molecular complexity index is 310. The van der Waals surface area contributed by atoms with Gasteiger partial charge in [0.2, 0.25) is 0 Å². The third-order valence-electron chi connectivity index (χ3n) is 2.24. The monoisotopic (exact) mass is 176 g/mol. The molecule has 1 atom stereocenters. The SMILES string of the molecule is CC1CNC(=O)N1c1ccccc1. The van der Waals surface area contributed by atoms with Crippen molar-refractivity contribution in [1.82, 2.24) is 5.32 Å². The zero-order chi connectivity index (χ0) is 9.26. The first-order valence-electron chi connectivity index (χ1n) is 4.41. The molecule has 0 radical (unpaired) electrons. The minimum Gasteiger partial charge on any atom is -0.336 e. The smallest absolute Gasteiger partial charge is 0.322 e. The summed E-state index contributed by atoms with van der Waals surface area (Å²) in [6, 6.07) is 9.96. The van der Waals surface area contributed by atoms with Gasteiger partial charge in [-0.3, -0.25) is 4.90 Å². The van der Waals surface area contributed by atoms with Gasteiger partial charge in [-0.15, -0.1) is 0 Å². The molecule has 0 aromatic heterocycles. The Labute approximate surface area is 77.4 Å². The summed E-state index contributed by atoms with van der Waals surface area (Å²) in [5, 5.41) is 2.80. The molecule has 1 unspecified atom stereocenters. The molecule has 0 spiro atoms. The van der Waals surface area contributed by atoms with Crippen molar-refractivity contribution in [2.45, 2.75) is 13.0 Å². The summed E-state index contributed by atoms with van der Waals surface area (Å²) in [7, 11) is 0. The molecule has 1 aliphatic heterocycles. The first kappa shape index (κ1) is 8.10. The van der Waals surface area contributed by atoms with E-state index in [1.165, 1.54) is 0 Å². The van der Waals surface area contributed by atoms with Gasteiger partial charge < -0.3 is 5.32 Å². The highest BCUT2D eigenvalue weighted by atomic mass is 16.2. The number of carbonyl (C=O) groups excluding carboxylic acids is 1. The van der Waals surface area contributed by atoms with E-state index in [4.69, 9.17) is 0 Å². The van der Waals surface area contributed by atoms with Crippen LogP contribution in [0.2, 0.25) is 0 Å². The van der Waals surface area contributed by atoms with E-state index in [9.17, 15) is 4.79 Å². The van der Waals surface area contributed by atoms with Crippen molar-refractivity contribution in [3.63, 3.8) is 0 Å². The third kappa shape index (κ3) is 1.37. The summed E-state index contributed by atoms with van der Waals surface area (Å²) >= 11 is 0. The largest absolute Gasteiger partial charge is 0.336 e. The molecule has 0 saturated carbocycles. The number of rotatable bonds is 1. The van der Waals surface area contributed by atoms with E-state index in [-0.39, 0.29) is 12.1 Å². The summed E-state index contributed by atoms with van der Waals surface area (Å²) in [5.74, 6) is 0. The first-order chi connectivity index (χ1) is 6.29. The Kier molecular flexibility index (Phi) is 1.93. The average Bonchev–Trinajstić information content (AvgIpc) is 2.48. The number of carbonyl (C=O) groups is 1. The van der Waals surface area contributed by atoms with Gasteiger partial charge in [0.25, 0.3) is 0 Å². The number of nitrogens with zero attached hydrogens (tertiary/aromatic N) is 1. The van der Waals surface area contributed by atoms with Gasteiger partial charge in [0, 0.05) is 12.2 Å². The van der Waals surface area contributed by atoms with Crippen molar-refractivity contribution in [3.05, 3.63) is 30.3 Å². The third-order valence-corrected chi connectivity index (χ3v) is 2.24. The molecule has 0 bridgehead atoms. The van der Waals surface area contributed by atoms with E-state index >= 15 is 0 Å². The topological polar surface area (TPSA) is 32.3 Å². The highest BCUT2D eigenvalue weighted by Gasteiger charge is 2.27. The van der Waals surface area contributed by atoms with Crippen LogP contribution in [0.15, 0.2) is 30.3 Å². The van der Waals surface area contributed by atoms with Crippen LogP contribution in [-0.4, -0.2) is 18.6 Å². The van der Waals surface area contributed by atoms with E-state index in [1.807, 2.05) is 37.3 Å². The number of para-hydroxylation sites is 1. The zero-order valence-electron chi connectivity index (χ0n) is 7.53. The molecule has 1 aromatic carbocycles. The fraction of sp³-hybridized carbons (Fsp3) is 0.300. The minimum atomic E-state index is -0.00120. The number of benzene rings is 1. The number of amides is 2. The second kappa shape index (κ2) is 3.09. The number of anilines is 1. The molecular weight excluding hydrogens is 164 g/mol. The fourth-order valence-corrected chi connectivity index (χ4v) is 1.57. The van der Waals surface area contributed by atoms with Gasteiger partial charge in [-0.25, -0.2) is 4.79 Å². The molecule has 0 aliphatic carbocycles. The summed E-state index contributed by atoms with van der Waals surface area (Å²) in [5.41, 5.74) is 0.963. The fourth-order valence-electron chi connectivity index (χ4n) is 1.57. The summed E-state index contributed by atoms with van der Waals surface area (Å²) in [4.78, 5) is 13.2. The van der Waals surface area contributed by atoms with Crippen molar-refractivity contribution >= 4 is 11.7 Å². The van der Waals surface area contributed by atoms with Crippen LogP contribution in [0, 0.1) is 0 Å². The normalized spacial score (nSPS) is 21.8. The van der Waals surface area contributed by atoms with Crippen LogP contribution in [0.3, 0.4) is 0 Å². The van der Waals surface area contributed by atoms with Crippen LogP contribution in [0.25, 0.3) is 0 Å². The van der Waals surface area contributed by atoms with E-state index in [2.05, 4.69) is 5.32 Å². The molecule has 2 rings (SSSR count). The second-order valence-electron chi connectivity index (χ2n) is 3.24. The molecule has 3 heteroatoms. The van der Waals surface area contributed by atoms with Crippen molar-refractivity contribution in [3.8, 4) is 0 Å². The number of hydrogen-bond acceptors (Lipinski definition) is 1. The van der Waals surface area contributed by atoms with Crippen molar-refractivity contribution < 1.29 is 4.79 Å². The Morgan fingerprint density at radius 2 is 2.08 bits per heavy atom. The van der Waals surface area contributed by atoms with Crippen LogP contribution >= 0.6 is 0 Å². The summed E-state index contributed by atoms with van der Waals surface area (Å²) in [6.45, 7) is 2.76. The van der Waals surface area contributed by atoms with Crippen LogP contribution < -0.4 is 10.2 Å². The molecule has 1 N–H and O–H groups in total. The molecule has 1 aromatic rings. The Hall–Kier alpha value is -1.51.